The summed E-state index contributed by atoms with van der Waals surface area (Å²) in [5.41, 5.74) is 0.644. The van der Waals surface area contributed by atoms with Crippen LogP contribution in [0.4, 0.5) is 10.3 Å². The van der Waals surface area contributed by atoms with Crippen molar-refractivity contribution in [2.45, 2.75) is 12.5 Å². The van der Waals surface area contributed by atoms with Crippen molar-refractivity contribution < 1.29 is 15.0 Å². The fraction of sp³-hybridized carbons (Fsp3) is 0.364. The summed E-state index contributed by atoms with van der Waals surface area (Å²) in [7, 11) is 0. The average Bonchev–Trinajstić information content (AvgIpc) is 3.07. The minimum absolute atomic E-state index is 0.167. The SMILES string of the molecule is O=C(Cc1csc(NCC(O)CO)n1)Nc1nccs1. The van der Waals surface area contributed by atoms with Gasteiger partial charge in [0.1, 0.15) is 0 Å². The Hall–Kier alpha value is -1.55. The number of aromatic nitrogens is 2. The molecule has 0 saturated carbocycles. The van der Waals surface area contributed by atoms with Crippen LogP contribution in [-0.4, -0.2) is 45.3 Å². The van der Waals surface area contributed by atoms with E-state index in [9.17, 15) is 9.90 Å². The number of carbonyl (C=O) groups is 1. The normalized spacial score (nSPS) is 12.1. The standard InChI is InChI=1S/C11H14N4O3S2/c16-5-8(17)4-13-11-14-7(6-20-11)3-9(18)15-10-12-1-2-19-10/h1-2,6,8,16-17H,3-5H2,(H,13,14)(H,12,15,18). The van der Waals surface area contributed by atoms with Crippen LogP contribution in [0.25, 0.3) is 0 Å². The second-order valence-electron chi connectivity index (χ2n) is 3.92. The van der Waals surface area contributed by atoms with Crippen LogP contribution in [0.1, 0.15) is 5.69 Å². The molecule has 1 amide bonds. The van der Waals surface area contributed by atoms with Crippen LogP contribution in [0.2, 0.25) is 0 Å². The van der Waals surface area contributed by atoms with Gasteiger partial charge in [0.15, 0.2) is 10.3 Å². The first-order chi connectivity index (χ1) is 9.67. The van der Waals surface area contributed by atoms with E-state index in [1.807, 2.05) is 0 Å². The number of rotatable bonds is 7. The maximum Gasteiger partial charge on any atom is 0.232 e. The molecule has 0 saturated heterocycles. The minimum atomic E-state index is -0.824. The van der Waals surface area contributed by atoms with Crippen molar-refractivity contribution in [1.29, 1.82) is 0 Å². The lowest BCUT2D eigenvalue weighted by Gasteiger charge is -2.06. The molecule has 0 aliphatic heterocycles. The number of nitrogens with one attached hydrogen (secondary N) is 2. The van der Waals surface area contributed by atoms with E-state index < -0.39 is 6.10 Å². The van der Waals surface area contributed by atoms with Crippen LogP contribution in [0.5, 0.6) is 0 Å². The molecular formula is C11H14N4O3S2. The predicted molar refractivity (Wildman–Crippen MR) is 78.1 cm³/mol. The number of carbonyl (C=O) groups excluding carboxylic acids is 1. The molecule has 9 heteroatoms. The van der Waals surface area contributed by atoms with Gasteiger partial charge in [0.05, 0.1) is 24.8 Å². The van der Waals surface area contributed by atoms with E-state index in [0.29, 0.717) is 16.0 Å². The van der Waals surface area contributed by atoms with Crippen molar-refractivity contribution in [3.05, 3.63) is 22.7 Å². The number of aliphatic hydroxyl groups is 2. The summed E-state index contributed by atoms with van der Waals surface area (Å²) in [5.74, 6) is -0.174. The van der Waals surface area contributed by atoms with Gasteiger partial charge in [0, 0.05) is 23.5 Å². The summed E-state index contributed by atoms with van der Waals surface area (Å²) in [6.07, 6.45) is 0.966. The monoisotopic (exact) mass is 314 g/mol. The highest BCUT2D eigenvalue weighted by molar-refractivity contribution is 7.14. The molecule has 20 heavy (non-hydrogen) atoms. The zero-order valence-electron chi connectivity index (χ0n) is 10.4. The second-order valence-corrected chi connectivity index (χ2v) is 5.68. The number of thiazole rings is 2. The number of amides is 1. The van der Waals surface area contributed by atoms with Crippen molar-refractivity contribution in [3.8, 4) is 0 Å². The summed E-state index contributed by atoms with van der Waals surface area (Å²) < 4.78 is 0. The minimum Gasteiger partial charge on any atom is -0.394 e. The third kappa shape index (κ3) is 4.53. The van der Waals surface area contributed by atoms with E-state index >= 15 is 0 Å². The molecule has 2 aromatic heterocycles. The quantitative estimate of drug-likeness (QED) is 0.594. The van der Waals surface area contributed by atoms with Crippen LogP contribution < -0.4 is 10.6 Å². The summed E-state index contributed by atoms with van der Waals surface area (Å²) >= 11 is 2.70. The first-order valence-corrected chi connectivity index (χ1v) is 7.60. The third-order valence-electron chi connectivity index (χ3n) is 2.27. The van der Waals surface area contributed by atoms with E-state index in [2.05, 4.69) is 20.6 Å². The average molecular weight is 314 g/mol. The van der Waals surface area contributed by atoms with Crippen LogP contribution in [-0.2, 0) is 11.2 Å². The van der Waals surface area contributed by atoms with Gasteiger partial charge in [-0.2, -0.15) is 0 Å². The van der Waals surface area contributed by atoms with Gasteiger partial charge < -0.3 is 20.8 Å². The molecule has 1 unspecified atom stereocenters. The molecule has 0 aliphatic rings. The lowest BCUT2D eigenvalue weighted by Crippen LogP contribution is -2.22. The topological polar surface area (TPSA) is 107 Å². The maximum atomic E-state index is 11.7. The fourth-order valence-electron chi connectivity index (χ4n) is 1.35. The van der Waals surface area contributed by atoms with Crippen LogP contribution >= 0.6 is 22.7 Å². The van der Waals surface area contributed by atoms with Crippen molar-refractivity contribution in [2.24, 2.45) is 0 Å². The molecule has 2 rings (SSSR count). The van der Waals surface area contributed by atoms with Gasteiger partial charge in [0.2, 0.25) is 5.91 Å². The molecule has 1 atom stereocenters. The largest absolute Gasteiger partial charge is 0.394 e. The van der Waals surface area contributed by atoms with E-state index in [1.54, 1.807) is 17.0 Å². The number of aliphatic hydroxyl groups excluding tert-OH is 2. The molecule has 7 nitrogen and oxygen atoms in total. The molecule has 0 fully saturated rings. The third-order valence-corrected chi connectivity index (χ3v) is 3.81. The van der Waals surface area contributed by atoms with Gasteiger partial charge in [-0.05, 0) is 0 Å². The fourth-order valence-corrected chi connectivity index (χ4v) is 2.62. The van der Waals surface area contributed by atoms with Crippen molar-refractivity contribution in [3.63, 3.8) is 0 Å². The van der Waals surface area contributed by atoms with Gasteiger partial charge in [-0.15, -0.1) is 22.7 Å². The van der Waals surface area contributed by atoms with E-state index in [-0.39, 0.29) is 25.5 Å². The summed E-state index contributed by atoms with van der Waals surface area (Å²) in [6.45, 7) is -0.0871. The smallest absolute Gasteiger partial charge is 0.232 e. The Morgan fingerprint density at radius 2 is 2.25 bits per heavy atom. The van der Waals surface area contributed by atoms with Crippen molar-refractivity contribution in [1.82, 2.24) is 9.97 Å². The van der Waals surface area contributed by atoms with Gasteiger partial charge in [-0.1, -0.05) is 0 Å². The van der Waals surface area contributed by atoms with Gasteiger partial charge in [-0.3, -0.25) is 4.79 Å². The maximum absolute atomic E-state index is 11.7. The Labute approximate surface area is 123 Å². The first kappa shape index (κ1) is 14.9. The molecule has 2 aromatic rings. The molecule has 0 radical (unpaired) electrons. The Kier molecular flexibility index (Phi) is 5.41. The Balaban J connectivity index is 1.81. The van der Waals surface area contributed by atoms with E-state index in [4.69, 9.17) is 5.11 Å². The van der Waals surface area contributed by atoms with Crippen LogP contribution in [0.15, 0.2) is 17.0 Å². The Morgan fingerprint density at radius 1 is 1.40 bits per heavy atom. The van der Waals surface area contributed by atoms with Gasteiger partial charge >= 0.3 is 0 Å². The summed E-state index contributed by atoms with van der Waals surface area (Å²) in [4.78, 5) is 19.9. The Morgan fingerprint density at radius 3 is 2.95 bits per heavy atom. The predicted octanol–water partition coefficient (Wildman–Crippen LogP) is 0.546. The highest BCUT2D eigenvalue weighted by Crippen LogP contribution is 2.16. The van der Waals surface area contributed by atoms with E-state index in [1.165, 1.54) is 22.7 Å². The molecule has 108 valence electrons. The van der Waals surface area contributed by atoms with E-state index in [0.717, 1.165) is 0 Å². The zero-order chi connectivity index (χ0) is 14.4. The lowest BCUT2D eigenvalue weighted by atomic mass is 10.3. The summed E-state index contributed by atoms with van der Waals surface area (Å²) in [5, 5.41) is 28.2. The lowest BCUT2D eigenvalue weighted by molar-refractivity contribution is -0.115. The number of nitrogens with zero attached hydrogens (tertiary/aromatic N) is 2. The molecular weight excluding hydrogens is 300 g/mol. The van der Waals surface area contributed by atoms with Crippen molar-refractivity contribution >= 4 is 38.8 Å². The molecule has 0 bridgehead atoms. The molecule has 4 N–H and O–H groups in total. The highest BCUT2D eigenvalue weighted by atomic mass is 32.1. The number of anilines is 2. The van der Waals surface area contributed by atoms with Gasteiger partial charge in [-0.25, -0.2) is 9.97 Å². The molecule has 2 heterocycles. The highest BCUT2D eigenvalue weighted by Gasteiger charge is 2.10. The van der Waals surface area contributed by atoms with Crippen LogP contribution in [0.3, 0.4) is 0 Å². The summed E-state index contributed by atoms with van der Waals surface area (Å²) in [6, 6.07) is 0. The number of hydrogen-bond donors (Lipinski definition) is 4. The first-order valence-electron chi connectivity index (χ1n) is 5.84. The Bertz CT molecular complexity index is 544. The van der Waals surface area contributed by atoms with Gasteiger partial charge in [0.25, 0.3) is 0 Å². The van der Waals surface area contributed by atoms with Crippen LogP contribution in [0, 0.1) is 0 Å². The number of hydrogen-bond acceptors (Lipinski definition) is 8. The zero-order valence-corrected chi connectivity index (χ0v) is 12.1. The molecule has 0 spiro atoms. The van der Waals surface area contributed by atoms with Crippen molar-refractivity contribution in [2.75, 3.05) is 23.8 Å². The molecule has 0 aromatic carbocycles. The molecule has 0 aliphatic carbocycles. The second kappa shape index (κ2) is 7.29.